The van der Waals surface area contributed by atoms with Crippen molar-refractivity contribution in [2.75, 3.05) is 11.9 Å². The largest absolute Gasteiger partial charge is 0.361 e. The van der Waals surface area contributed by atoms with Crippen molar-refractivity contribution in [3.8, 4) is 0 Å². The minimum Gasteiger partial charge on any atom is -0.361 e. The van der Waals surface area contributed by atoms with Crippen LogP contribution in [0.3, 0.4) is 0 Å². The van der Waals surface area contributed by atoms with Gasteiger partial charge < -0.3 is 14.7 Å². The molecular weight excluding hydrogens is 302 g/mol. The number of likely N-dealkylation sites (tertiary alicyclic amines) is 1. The number of amides is 2. The van der Waals surface area contributed by atoms with Crippen LogP contribution < -0.4 is 5.32 Å². The molecule has 1 atom stereocenters. The summed E-state index contributed by atoms with van der Waals surface area (Å²) in [5.74, 6) is 0.757. The van der Waals surface area contributed by atoms with E-state index in [2.05, 4.69) is 10.5 Å². The van der Waals surface area contributed by atoms with Gasteiger partial charge in [-0.25, -0.2) is 4.79 Å². The van der Waals surface area contributed by atoms with E-state index in [4.69, 9.17) is 16.1 Å². The lowest BCUT2D eigenvalue weighted by Gasteiger charge is -2.23. The highest BCUT2D eigenvalue weighted by Gasteiger charge is 2.32. The smallest absolute Gasteiger partial charge is 0.322 e. The Kier molecular flexibility index (Phi) is 4.07. The molecule has 1 aliphatic heterocycles. The molecule has 6 heteroatoms. The number of nitrogens with one attached hydrogen (secondary N) is 1. The molecule has 0 saturated carbocycles. The van der Waals surface area contributed by atoms with Crippen LogP contribution in [0.15, 0.2) is 28.8 Å². The third-order valence-electron chi connectivity index (χ3n) is 3.92. The van der Waals surface area contributed by atoms with Gasteiger partial charge in [0.2, 0.25) is 0 Å². The number of anilines is 1. The molecule has 3 rings (SSSR count). The fourth-order valence-corrected chi connectivity index (χ4v) is 2.91. The lowest BCUT2D eigenvalue weighted by molar-refractivity contribution is 0.204. The number of hydrogen-bond donors (Lipinski definition) is 1. The molecular formula is C16H18ClN3O2. The topological polar surface area (TPSA) is 58.4 Å². The Balaban J connectivity index is 1.74. The van der Waals surface area contributed by atoms with E-state index < -0.39 is 0 Å². The van der Waals surface area contributed by atoms with Gasteiger partial charge in [0.05, 0.1) is 6.04 Å². The summed E-state index contributed by atoms with van der Waals surface area (Å²) in [6.45, 7) is 4.49. The first-order chi connectivity index (χ1) is 10.5. The number of nitrogens with zero attached hydrogens (tertiary/aromatic N) is 2. The molecule has 0 radical (unpaired) electrons. The molecule has 5 nitrogen and oxygen atoms in total. The number of benzene rings is 1. The number of carbonyl (C=O) groups is 1. The molecule has 1 aromatic carbocycles. The van der Waals surface area contributed by atoms with E-state index in [-0.39, 0.29) is 12.1 Å². The average Bonchev–Trinajstić information content (AvgIpc) is 3.11. The van der Waals surface area contributed by atoms with Gasteiger partial charge in [-0.3, -0.25) is 0 Å². The van der Waals surface area contributed by atoms with Crippen molar-refractivity contribution in [2.45, 2.75) is 32.7 Å². The molecule has 0 unspecified atom stereocenters. The molecule has 2 heterocycles. The number of aromatic nitrogens is 1. The Morgan fingerprint density at radius 2 is 2.23 bits per heavy atom. The van der Waals surface area contributed by atoms with Crippen LogP contribution in [0.1, 0.15) is 35.9 Å². The van der Waals surface area contributed by atoms with Crippen LogP contribution in [-0.2, 0) is 0 Å². The second-order valence-corrected chi connectivity index (χ2v) is 6.02. The first-order valence-electron chi connectivity index (χ1n) is 7.31. The van der Waals surface area contributed by atoms with Crippen LogP contribution in [0.25, 0.3) is 0 Å². The minimum absolute atomic E-state index is 0.0293. The molecule has 2 amide bonds. The van der Waals surface area contributed by atoms with Crippen LogP contribution >= 0.6 is 11.6 Å². The van der Waals surface area contributed by atoms with Gasteiger partial charge >= 0.3 is 6.03 Å². The summed E-state index contributed by atoms with van der Waals surface area (Å²) in [5, 5.41) is 7.59. The number of aryl methyl sites for hydroxylation is 2. The molecule has 2 aromatic rings. The van der Waals surface area contributed by atoms with Crippen molar-refractivity contribution in [1.82, 2.24) is 10.1 Å². The maximum absolute atomic E-state index is 12.5. The van der Waals surface area contributed by atoms with Crippen LogP contribution in [0.5, 0.6) is 0 Å². The number of hydrogen-bond acceptors (Lipinski definition) is 3. The van der Waals surface area contributed by atoms with Gasteiger partial charge in [-0.05, 0) is 44.4 Å². The summed E-state index contributed by atoms with van der Waals surface area (Å²) in [7, 11) is 0. The summed E-state index contributed by atoms with van der Waals surface area (Å²) in [6.07, 6.45) is 1.85. The standard InChI is InChI=1S/C16H18ClN3O2/c1-10-5-6-12(9-13(10)17)18-16(21)20-7-3-4-15(20)14-8-11(2)22-19-14/h5-6,8-9,15H,3-4,7H2,1-2H3,(H,18,21)/t15-/m0/s1. The summed E-state index contributed by atoms with van der Waals surface area (Å²) in [5.41, 5.74) is 2.49. The number of carbonyl (C=O) groups excluding carboxylic acids is 1. The minimum atomic E-state index is -0.136. The van der Waals surface area contributed by atoms with Crippen LogP contribution in [0, 0.1) is 13.8 Å². The summed E-state index contributed by atoms with van der Waals surface area (Å²) in [6, 6.07) is 7.23. The quantitative estimate of drug-likeness (QED) is 0.897. The van der Waals surface area contributed by atoms with E-state index in [1.54, 1.807) is 11.0 Å². The zero-order chi connectivity index (χ0) is 15.7. The van der Waals surface area contributed by atoms with Crippen LogP contribution in [0.2, 0.25) is 5.02 Å². The Hall–Kier alpha value is -2.01. The van der Waals surface area contributed by atoms with Crippen molar-refractivity contribution in [1.29, 1.82) is 0 Å². The van der Waals surface area contributed by atoms with Crippen molar-refractivity contribution < 1.29 is 9.32 Å². The number of halogens is 1. The molecule has 0 spiro atoms. The van der Waals surface area contributed by atoms with E-state index in [0.717, 1.165) is 29.9 Å². The summed E-state index contributed by atoms with van der Waals surface area (Å²) >= 11 is 6.10. The predicted molar refractivity (Wildman–Crippen MR) is 85.1 cm³/mol. The van der Waals surface area contributed by atoms with Crippen molar-refractivity contribution in [3.63, 3.8) is 0 Å². The van der Waals surface area contributed by atoms with Gasteiger partial charge in [0.25, 0.3) is 0 Å². The first-order valence-corrected chi connectivity index (χ1v) is 7.69. The summed E-state index contributed by atoms with van der Waals surface area (Å²) in [4.78, 5) is 14.3. The van der Waals surface area contributed by atoms with Crippen molar-refractivity contribution in [2.24, 2.45) is 0 Å². The second-order valence-electron chi connectivity index (χ2n) is 5.61. The van der Waals surface area contributed by atoms with Crippen LogP contribution in [-0.4, -0.2) is 22.6 Å². The molecule has 1 aliphatic rings. The SMILES string of the molecule is Cc1cc([C@@H]2CCCN2C(=O)Nc2ccc(C)c(Cl)c2)no1. The maximum Gasteiger partial charge on any atom is 0.322 e. The second kappa shape index (κ2) is 6.01. The monoisotopic (exact) mass is 319 g/mol. The normalized spacial score (nSPS) is 17.8. The van der Waals surface area contributed by atoms with E-state index in [0.29, 0.717) is 17.3 Å². The van der Waals surface area contributed by atoms with Gasteiger partial charge in [0.15, 0.2) is 0 Å². The molecule has 0 bridgehead atoms. The Morgan fingerprint density at radius 3 is 2.91 bits per heavy atom. The third kappa shape index (κ3) is 2.95. The zero-order valence-electron chi connectivity index (χ0n) is 12.6. The van der Waals surface area contributed by atoms with E-state index in [9.17, 15) is 4.79 Å². The first kappa shape index (κ1) is 14.9. The van der Waals surface area contributed by atoms with Gasteiger partial charge in [0, 0.05) is 23.3 Å². The molecule has 1 N–H and O–H groups in total. The number of urea groups is 1. The van der Waals surface area contributed by atoms with E-state index >= 15 is 0 Å². The predicted octanol–water partition coefficient (Wildman–Crippen LogP) is 4.31. The van der Waals surface area contributed by atoms with E-state index in [1.165, 1.54) is 0 Å². The molecule has 1 aromatic heterocycles. The highest BCUT2D eigenvalue weighted by molar-refractivity contribution is 6.31. The molecule has 0 aliphatic carbocycles. The highest BCUT2D eigenvalue weighted by atomic mass is 35.5. The fraction of sp³-hybridized carbons (Fsp3) is 0.375. The third-order valence-corrected chi connectivity index (χ3v) is 4.33. The lowest BCUT2D eigenvalue weighted by atomic mass is 10.1. The molecule has 116 valence electrons. The molecule has 1 saturated heterocycles. The van der Waals surface area contributed by atoms with Crippen LogP contribution in [0.4, 0.5) is 10.5 Å². The average molecular weight is 320 g/mol. The highest BCUT2D eigenvalue weighted by Crippen LogP contribution is 2.32. The zero-order valence-corrected chi connectivity index (χ0v) is 13.4. The van der Waals surface area contributed by atoms with Gasteiger partial charge in [-0.15, -0.1) is 0 Å². The van der Waals surface area contributed by atoms with E-state index in [1.807, 2.05) is 32.0 Å². The summed E-state index contributed by atoms with van der Waals surface area (Å²) < 4.78 is 5.13. The Labute approximate surface area is 134 Å². The number of rotatable bonds is 2. The lowest BCUT2D eigenvalue weighted by Crippen LogP contribution is -2.34. The Morgan fingerprint density at radius 1 is 1.41 bits per heavy atom. The molecule has 22 heavy (non-hydrogen) atoms. The Bertz CT molecular complexity index is 698. The maximum atomic E-state index is 12.5. The fourth-order valence-electron chi connectivity index (χ4n) is 2.73. The van der Waals surface area contributed by atoms with Gasteiger partial charge in [0.1, 0.15) is 11.5 Å². The van der Waals surface area contributed by atoms with Crippen molar-refractivity contribution in [3.05, 3.63) is 46.3 Å². The van der Waals surface area contributed by atoms with Gasteiger partial charge in [-0.2, -0.15) is 0 Å². The molecule has 1 fully saturated rings. The van der Waals surface area contributed by atoms with Crippen molar-refractivity contribution >= 4 is 23.3 Å². The van der Waals surface area contributed by atoms with Gasteiger partial charge in [-0.1, -0.05) is 22.8 Å².